The second-order valence-corrected chi connectivity index (χ2v) is 4.12. The molecule has 2 rings (SSSR count). The van der Waals surface area contributed by atoms with Gasteiger partial charge >= 0.3 is 6.01 Å². The number of nitrogens with zero attached hydrogens (tertiary/aromatic N) is 4. The van der Waals surface area contributed by atoms with Gasteiger partial charge in [0.1, 0.15) is 10.7 Å². The summed E-state index contributed by atoms with van der Waals surface area (Å²) >= 11 is 4.88. The average Bonchev–Trinajstić information content (AvgIpc) is 2.76. The van der Waals surface area contributed by atoms with Crippen molar-refractivity contribution in [3.05, 3.63) is 29.8 Å². The Morgan fingerprint density at radius 2 is 2.28 bits per heavy atom. The smallest absolute Gasteiger partial charge is 0.322 e. The molecule has 0 fully saturated rings. The lowest BCUT2D eigenvalue weighted by atomic mass is 10.3. The Morgan fingerprint density at radius 1 is 1.50 bits per heavy atom. The highest BCUT2D eigenvalue weighted by molar-refractivity contribution is 7.80. The van der Waals surface area contributed by atoms with Crippen molar-refractivity contribution in [1.82, 2.24) is 19.7 Å². The molecule has 2 aromatic heterocycles. The van der Waals surface area contributed by atoms with Crippen LogP contribution in [0.5, 0.6) is 11.8 Å². The van der Waals surface area contributed by atoms with Gasteiger partial charge in [-0.25, -0.2) is 4.98 Å². The number of rotatable bonds is 4. The highest BCUT2D eigenvalue weighted by atomic mass is 32.1. The fourth-order valence-electron chi connectivity index (χ4n) is 1.39. The topological polar surface area (TPSA) is 78.9 Å². The molecule has 18 heavy (non-hydrogen) atoms. The molecule has 0 aliphatic rings. The molecule has 2 N–H and O–H groups in total. The lowest BCUT2D eigenvalue weighted by Crippen LogP contribution is -2.13. The van der Waals surface area contributed by atoms with Gasteiger partial charge in [0.05, 0.1) is 12.4 Å². The first-order valence-corrected chi connectivity index (χ1v) is 5.85. The largest absolute Gasteiger partial charge is 0.421 e. The van der Waals surface area contributed by atoms with Crippen molar-refractivity contribution in [3.63, 3.8) is 0 Å². The van der Waals surface area contributed by atoms with Crippen LogP contribution in [0.2, 0.25) is 0 Å². The van der Waals surface area contributed by atoms with Crippen molar-refractivity contribution in [2.45, 2.75) is 20.4 Å². The number of aryl methyl sites for hydroxylation is 2. The second-order valence-electron chi connectivity index (χ2n) is 3.68. The monoisotopic (exact) mass is 263 g/mol. The van der Waals surface area contributed by atoms with Gasteiger partial charge in [-0.2, -0.15) is 10.1 Å². The Bertz CT molecular complexity index is 581. The van der Waals surface area contributed by atoms with Crippen molar-refractivity contribution in [2.24, 2.45) is 5.73 Å². The van der Waals surface area contributed by atoms with E-state index >= 15 is 0 Å². The normalized spacial score (nSPS) is 10.3. The molecule has 94 valence electrons. The van der Waals surface area contributed by atoms with E-state index in [9.17, 15) is 0 Å². The van der Waals surface area contributed by atoms with Crippen molar-refractivity contribution >= 4 is 17.2 Å². The van der Waals surface area contributed by atoms with E-state index in [0.29, 0.717) is 11.4 Å². The third kappa shape index (κ3) is 2.80. The van der Waals surface area contributed by atoms with Crippen LogP contribution >= 0.6 is 12.2 Å². The first-order chi connectivity index (χ1) is 8.58. The standard InChI is InChI=1S/C11H13N5OS/c1-3-16-6-8(5-13-16)17-11-14-7(2)4-9(15-11)10(12)18/h4-6H,3H2,1-2H3,(H2,12,18). The van der Waals surface area contributed by atoms with E-state index in [1.807, 2.05) is 13.8 Å². The molecule has 0 radical (unpaired) electrons. The summed E-state index contributed by atoms with van der Waals surface area (Å²) in [5.41, 5.74) is 6.78. The molecule has 0 aliphatic carbocycles. The Kier molecular flexibility index (Phi) is 3.52. The van der Waals surface area contributed by atoms with Crippen LogP contribution in [0, 0.1) is 6.92 Å². The molecule has 6 nitrogen and oxygen atoms in total. The zero-order valence-corrected chi connectivity index (χ0v) is 10.9. The fraction of sp³-hybridized carbons (Fsp3) is 0.273. The summed E-state index contributed by atoms with van der Waals surface area (Å²) in [6.07, 6.45) is 3.38. The molecule has 0 spiro atoms. The van der Waals surface area contributed by atoms with Gasteiger partial charge in [-0.3, -0.25) is 4.68 Å². The molecule has 0 aromatic carbocycles. The number of hydrogen-bond acceptors (Lipinski definition) is 5. The Labute approximate surface area is 110 Å². The summed E-state index contributed by atoms with van der Waals surface area (Å²) in [6, 6.07) is 1.93. The molecule has 0 unspecified atom stereocenters. The predicted molar refractivity (Wildman–Crippen MR) is 70.6 cm³/mol. The van der Waals surface area contributed by atoms with Gasteiger partial charge in [0.2, 0.25) is 0 Å². The summed E-state index contributed by atoms with van der Waals surface area (Å²) in [5.74, 6) is 0.580. The van der Waals surface area contributed by atoms with Gasteiger partial charge in [-0.15, -0.1) is 0 Å². The first kappa shape index (κ1) is 12.4. The minimum atomic E-state index is 0.216. The maximum Gasteiger partial charge on any atom is 0.322 e. The van der Waals surface area contributed by atoms with Crippen molar-refractivity contribution in [3.8, 4) is 11.8 Å². The van der Waals surface area contributed by atoms with Gasteiger partial charge in [0.15, 0.2) is 5.75 Å². The number of thiocarbonyl (C=S) groups is 1. The number of nitrogens with two attached hydrogens (primary N) is 1. The predicted octanol–water partition coefficient (Wildman–Crippen LogP) is 1.43. The molecule has 0 atom stereocenters. The molecule has 0 amide bonds. The molecular formula is C11H13N5OS. The Balaban J connectivity index is 2.25. The van der Waals surface area contributed by atoms with Crippen LogP contribution in [0.4, 0.5) is 0 Å². The van der Waals surface area contributed by atoms with Crippen LogP contribution in [0.15, 0.2) is 18.5 Å². The van der Waals surface area contributed by atoms with E-state index in [1.165, 1.54) is 0 Å². The van der Waals surface area contributed by atoms with Gasteiger partial charge in [0, 0.05) is 12.2 Å². The Hall–Kier alpha value is -2.02. The van der Waals surface area contributed by atoms with Crippen LogP contribution in [-0.2, 0) is 6.54 Å². The number of aromatic nitrogens is 4. The van der Waals surface area contributed by atoms with Crippen LogP contribution in [-0.4, -0.2) is 24.7 Å². The van der Waals surface area contributed by atoms with Gasteiger partial charge < -0.3 is 10.5 Å². The maximum absolute atomic E-state index is 5.54. The highest BCUT2D eigenvalue weighted by Crippen LogP contribution is 2.17. The summed E-state index contributed by atoms with van der Waals surface area (Å²) in [5, 5.41) is 4.10. The second kappa shape index (κ2) is 5.09. The van der Waals surface area contributed by atoms with Gasteiger partial charge in [0.25, 0.3) is 0 Å². The van der Waals surface area contributed by atoms with Crippen LogP contribution in [0.25, 0.3) is 0 Å². The van der Waals surface area contributed by atoms with Crippen molar-refractivity contribution < 1.29 is 4.74 Å². The van der Waals surface area contributed by atoms with Crippen molar-refractivity contribution in [1.29, 1.82) is 0 Å². The third-order valence-corrected chi connectivity index (χ3v) is 2.44. The van der Waals surface area contributed by atoms with Crippen molar-refractivity contribution in [2.75, 3.05) is 0 Å². The lowest BCUT2D eigenvalue weighted by Gasteiger charge is -2.04. The molecular weight excluding hydrogens is 250 g/mol. The zero-order valence-electron chi connectivity index (χ0n) is 10.1. The van der Waals surface area contributed by atoms with E-state index in [-0.39, 0.29) is 11.0 Å². The first-order valence-electron chi connectivity index (χ1n) is 5.44. The number of ether oxygens (including phenoxy) is 1. The molecule has 2 heterocycles. The molecule has 7 heteroatoms. The zero-order chi connectivity index (χ0) is 13.1. The maximum atomic E-state index is 5.54. The number of hydrogen-bond donors (Lipinski definition) is 1. The van der Waals surface area contributed by atoms with Gasteiger partial charge in [-0.05, 0) is 19.9 Å². The van der Waals surface area contributed by atoms with Crippen LogP contribution in [0.3, 0.4) is 0 Å². The molecule has 2 aromatic rings. The van der Waals surface area contributed by atoms with Gasteiger partial charge in [-0.1, -0.05) is 12.2 Å². The summed E-state index contributed by atoms with van der Waals surface area (Å²) in [4.78, 5) is 8.51. The Morgan fingerprint density at radius 3 is 2.89 bits per heavy atom. The van der Waals surface area contributed by atoms with E-state index in [2.05, 4.69) is 15.1 Å². The summed E-state index contributed by atoms with van der Waals surface area (Å²) < 4.78 is 7.26. The summed E-state index contributed by atoms with van der Waals surface area (Å²) in [7, 11) is 0. The third-order valence-electron chi connectivity index (χ3n) is 2.23. The average molecular weight is 263 g/mol. The quantitative estimate of drug-likeness (QED) is 0.841. The molecule has 0 aliphatic heterocycles. The highest BCUT2D eigenvalue weighted by Gasteiger charge is 2.07. The van der Waals surface area contributed by atoms with E-state index in [0.717, 1.165) is 12.2 Å². The lowest BCUT2D eigenvalue weighted by molar-refractivity contribution is 0.439. The van der Waals surface area contributed by atoms with E-state index in [1.54, 1.807) is 23.1 Å². The van der Waals surface area contributed by atoms with Crippen LogP contribution in [0.1, 0.15) is 18.3 Å². The fourth-order valence-corrected chi connectivity index (χ4v) is 1.49. The minimum Gasteiger partial charge on any atom is -0.421 e. The molecule has 0 bridgehead atoms. The molecule has 0 saturated carbocycles. The minimum absolute atomic E-state index is 0.216. The summed E-state index contributed by atoms with van der Waals surface area (Å²) in [6.45, 7) is 4.59. The SMILES string of the molecule is CCn1cc(Oc2nc(C)cc(C(N)=S)n2)cn1. The van der Waals surface area contributed by atoms with E-state index < -0.39 is 0 Å². The van der Waals surface area contributed by atoms with E-state index in [4.69, 9.17) is 22.7 Å². The molecule has 0 saturated heterocycles. The van der Waals surface area contributed by atoms with Crippen LogP contribution < -0.4 is 10.5 Å².